The first kappa shape index (κ1) is 14.6. The monoisotopic (exact) mass is 323 g/mol. The van der Waals surface area contributed by atoms with Crippen molar-refractivity contribution in [2.24, 2.45) is 5.92 Å². The summed E-state index contributed by atoms with van der Waals surface area (Å²) in [6, 6.07) is 4.86. The number of hydrogen-bond acceptors (Lipinski definition) is 4. The second kappa shape index (κ2) is 5.30. The molecule has 1 amide bonds. The van der Waals surface area contributed by atoms with E-state index >= 15 is 0 Å². The number of carbonyl (C=O) groups is 1. The van der Waals surface area contributed by atoms with E-state index in [-0.39, 0.29) is 18.9 Å². The summed E-state index contributed by atoms with van der Waals surface area (Å²) >= 11 is 10.1. The average molecular weight is 324 g/mol. The van der Waals surface area contributed by atoms with Gasteiger partial charge in [-0.15, -0.1) is 16.5 Å². The van der Waals surface area contributed by atoms with Crippen molar-refractivity contribution in [1.82, 2.24) is 0 Å². The highest BCUT2D eigenvalue weighted by molar-refractivity contribution is 7.86. The van der Waals surface area contributed by atoms with E-state index in [1.165, 1.54) is 4.90 Å². The van der Waals surface area contributed by atoms with E-state index in [1.807, 2.05) is 0 Å². The zero-order valence-corrected chi connectivity index (χ0v) is 12.2. The van der Waals surface area contributed by atoms with Gasteiger partial charge in [-0.3, -0.25) is 4.79 Å². The zero-order valence-electron chi connectivity index (χ0n) is 9.71. The Morgan fingerprint density at radius 1 is 1.47 bits per heavy atom. The molecule has 0 radical (unpaired) electrons. The van der Waals surface area contributed by atoms with Gasteiger partial charge in [-0.25, -0.2) is 0 Å². The largest absolute Gasteiger partial charge is 0.311 e. The van der Waals surface area contributed by atoms with Gasteiger partial charge < -0.3 is 4.90 Å². The van der Waals surface area contributed by atoms with E-state index in [0.717, 1.165) is 0 Å². The Hall–Kier alpha value is -0.790. The van der Waals surface area contributed by atoms with Crippen LogP contribution in [0.5, 0.6) is 0 Å². The van der Waals surface area contributed by atoms with Crippen LogP contribution in [-0.4, -0.2) is 26.6 Å². The molecule has 8 heteroatoms. The molecule has 1 saturated heterocycles. The van der Waals surface area contributed by atoms with Gasteiger partial charge in [0.05, 0.1) is 11.4 Å². The molecule has 0 spiro atoms. The summed E-state index contributed by atoms with van der Waals surface area (Å²) in [5.74, 6) is -1.45. The summed E-state index contributed by atoms with van der Waals surface area (Å²) in [5, 5.41) is 0.446. The summed E-state index contributed by atoms with van der Waals surface area (Å²) in [7, 11) is -4.58. The van der Waals surface area contributed by atoms with Gasteiger partial charge in [0.1, 0.15) is 0 Å². The lowest BCUT2D eigenvalue weighted by Gasteiger charge is -2.18. The lowest BCUT2D eigenvalue weighted by atomic mass is 10.1. The smallest absolute Gasteiger partial charge is 0.302 e. The molecular weight excluding hydrogens is 313 g/mol. The third-order valence-corrected chi connectivity index (χ3v) is 4.35. The van der Waals surface area contributed by atoms with E-state index < -0.39 is 21.9 Å². The average Bonchev–Trinajstić information content (AvgIpc) is 2.60. The van der Waals surface area contributed by atoms with E-state index in [0.29, 0.717) is 15.6 Å². The maximum absolute atomic E-state index is 12.6. The summed E-state index contributed by atoms with van der Waals surface area (Å²) in [5.41, 5.74) is 0.514. The van der Waals surface area contributed by atoms with Crippen LogP contribution in [0, 0.1) is 5.92 Å². The highest BCUT2D eigenvalue weighted by atomic mass is 35.5. The van der Waals surface area contributed by atoms with Crippen molar-refractivity contribution in [3.8, 4) is 0 Å². The van der Waals surface area contributed by atoms with Gasteiger partial charge in [-0.1, -0.05) is 11.6 Å². The number of rotatable bonds is 3. The van der Waals surface area contributed by atoms with Crippen molar-refractivity contribution < 1.29 is 17.1 Å². The van der Waals surface area contributed by atoms with Gasteiger partial charge >= 0.3 is 10.2 Å². The molecule has 0 N–H and O–H groups in total. The van der Waals surface area contributed by atoms with Gasteiger partial charge in [0, 0.05) is 28.8 Å². The predicted molar refractivity (Wildman–Crippen MR) is 74.1 cm³/mol. The highest BCUT2D eigenvalue weighted by Crippen LogP contribution is 2.32. The third kappa shape index (κ3) is 3.61. The summed E-state index contributed by atoms with van der Waals surface area (Å²) in [6.07, 6.45) is 0.00286. The molecule has 1 unspecified atom stereocenters. The topological polar surface area (TPSA) is 54.5 Å². The van der Waals surface area contributed by atoms with E-state index in [9.17, 15) is 17.1 Å². The number of hydrogen-bond donors (Lipinski definition) is 1. The minimum absolute atomic E-state index is 0.00286. The van der Waals surface area contributed by atoms with Crippen LogP contribution in [0.1, 0.15) is 6.42 Å². The van der Waals surface area contributed by atoms with Crippen LogP contribution in [0.3, 0.4) is 0 Å². The van der Waals surface area contributed by atoms with Crippen LogP contribution in [0.15, 0.2) is 23.1 Å². The Bertz CT molecular complexity index is 620. The predicted octanol–water partition coefficient (Wildman–Crippen LogP) is 2.28. The number of anilines is 1. The molecule has 0 saturated carbocycles. The summed E-state index contributed by atoms with van der Waals surface area (Å²) in [6.45, 7) is 0.149. The van der Waals surface area contributed by atoms with Crippen LogP contribution in [0.25, 0.3) is 0 Å². The number of halogens is 2. The molecule has 1 aromatic rings. The van der Waals surface area contributed by atoms with Gasteiger partial charge in [0.2, 0.25) is 5.91 Å². The lowest BCUT2D eigenvalue weighted by Crippen LogP contribution is -2.25. The van der Waals surface area contributed by atoms with Crippen LogP contribution in [0.2, 0.25) is 5.02 Å². The fraction of sp³-hybridized carbons (Fsp3) is 0.364. The Labute approximate surface area is 121 Å². The van der Waals surface area contributed by atoms with Crippen molar-refractivity contribution in [2.45, 2.75) is 11.3 Å². The van der Waals surface area contributed by atoms with Crippen molar-refractivity contribution in [3.05, 3.63) is 23.2 Å². The van der Waals surface area contributed by atoms with Gasteiger partial charge in [0.25, 0.3) is 0 Å². The molecule has 4 nitrogen and oxygen atoms in total. The van der Waals surface area contributed by atoms with Crippen molar-refractivity contribution >= 4 is 46.0 Å². The molecule has 104 valence electrons. The Morgan fingerprint density at radius 2 is 2.16 bits per heavy atom. The maximum atomic E-state index is 12.6. The number of thiol groups is 1. The first-order valence-electron chi connectivity index (χ1n) is 5.47. The summed E-state index contributed by atoms with van der Waals surface area (Å²) in [4.78, 5) is 13.8. The fourth-order valence-electron chi connectivity index (χ4n) is 2.12. The van der Waals surface area contributed by atoms with E-state index in [2.05, 4.69) is 12.6 Å². The molecule has 2 rings (SSSR count). The molecule has 0 aromatic heterocycles. The van der Waals surface area contributed by atoms with Crippen LogP contribution in [-0.2, 0) is 15.0 Å². The maximum Gasteiger partial charge on any atom is 0.302 e. The summed E-state index contributed by atoms with van der Waals surface area (Å²) < 4.78 is 33.9. The van der Waals surface area contributed by atoms with Crippen molar-refractivity contribution in [3.63, 3.8) is 0 Å². The fourth-order valence-corrected chi connectivity index (χ4v) is 3.33. The van der Waals surface area contributed by atoms with Crippen molar-refractivity contribution in [2.75, 3.05) is 17.2 Å². The minimum Gasteiger partial charge on any atom is -0.311 e. The molecule has 19 heavy (non-hydrogen) atoms. The molecule has 1 atom stereocenters. The quantitative estimate of drug-likeness (QED) is 0.686. The highest BCUT2D eigenvalue weighted by Gasteiger charge is 2.34. The Balaban J connectivity index is 2.23. The van der Waals surface area contributed by atoms with Crippen LogP contribution in [0.4, 0.5) is 9.57 Å². The normalized spacial score (nSPS) is 20.1. The Kier molecular flexibility index (Phi) is 4.08. The Morgan fingerprint density at radius 3 is 2.79 bits per heavy atom. The first-order valence-corrected chi connectivity index (χ1v) is 7.85. The second-order valence-electron chi connectivity index (χ2n) is 4.41. The number of amides is 1. The number of benzene rings is 1. The first-order chi connectivity index (χ1) is 8.76. The molecule has 1 aromatic carbocycles. The van der Waals surface area contributed by atoms with E-state index in [1.54, 1.807) is 18.2 Å². The van der Waals surface area contributed by atoms with E-state index in [4.69, 9.17) is 11.6 Å². The van der Waals surface area contributed by atoms with Crippen LogP contribution >= 0.6 is 24.2 Å². The molecule has 0 aliphatic carbocycles. The second-order valence-corrected chi connectivity index (χ2v) is 6.74. The molecule has 1 aliphatic heterocycles. The van der Waals surface area contributed by atoms with Gasteiger partial charge in [-0.05, 0) is 18.2 Å². The standard InChI is InChI=1S/C11H11ClFNO3S2/c12-8-1-2-10(18)9(4-8)14-5-7(3-11(14)15)6-19(13,16)17/h1-2,4,7,18H,3,5-6H2. The molecule has 1 aliphatic rings. The molecule has 0 bridgehead atoms. The van der Waals surface area contributed by atoms with Gasteiger partial charge in [-0.2, -0.15) is 8.42 Å². The SMILES string of the molecule is O=C1CC(CS(=O)(=O)F)CN1c1cc(Cl)ccc1S. The van der Waals surface area contributed by atoms with Gasteiger partial charge in [0.15, 0.2) is 0 Å². The number of nitrogens with zero attached hydrogens (tertiary/aromatic N) is 1. The molecule has 1 fully saturated rings. The van der Waals surface area contributed by atoms with Crippen LogP contribution < -0.4 is 4.90 Å². The minimum atomic E-state index is -4.58. The molecule has 1 heterocycles. The van der Waals surface area contributed by atoms with Crippen molar-refractivity contribution in [1.29, 1.82) is 0 Å². The zero-order chi connectivity index (χ0) is 14.2. The lowest BCUT2D eigenvalue weighted by molar-refractivity contribution is -0.117. The third-order valence-electron chi connectivity index (χ3n) is 2.87. The number of carbonyl (C=O) groups excluding carboxylic acids is 1. The molecular formula is C11H11ClFNO3S2.